The van der Waals surface area contributed by atoms with E-state index in [0.29, 0.717) is 5.56 Å². The number of carbonyl (C=O) groups is 1. The molecule has 0 aliphatic carbocycles. The molecule has 2 rings (SSSR count). The van der Waals surface area contributed by atoms with Crippen molar-refractivity contribution >= 4 is 12.0 Å². The predicted molar refractivity (Wildman–Crippen MR) is 64.7 cm³/mol. The molecule has 0 radical (unpaired) electrons. The maximum atomic E-state index is 10.5. The topological polar surface area (TPSA) is 53.2 Å². The first-order valence-corrected chi connectivity index (χ1v) is 5.51. The second kappa shape index (κ2) is 4.63. The molecule has 1 aliphatic rings. The third kappa shape index (κ3) is 2.59. The van der Waals surface area contributed by atoms with E-state index < -0.39 is 0 Å². The monoisotopic (exact) mass is 219 g/mol. The summed E-state index contributed by atoms with van der Waals surface area (Å²) in [4.78, 5) is 10.5. The van der Waals surface area contributed by atoms with Crippen molar-refractivity contribution in [2.75, 3.05) is 25.0 Å². The summed E-state index contributed by atoms with van der Waals surface area (Å²) in [7, 11) is 0. The van der Waals surface area contributed by atoms with Gasteiger partial charge >= 0.3 is 0 Å². The lowest BCUT2D eigenvalue weighted by Gasteiger charge is -2.37. The summed E-state index contributed by atoms with van der Waals surface area (Å²) in [5.74, 6) is 0. The number of rotatable bonds is 3. The van der Waals surface area contributed by atoms with Crippen LogP contribution < -0.4 is 16.0 Å². The minimum Gasteiger partial charge on any atom is -0.366 e. The van der Waals surface area contributed by atoms with Crippen molar-refractivity contribution in [3.05, 3.63) is 29.8 Å². The SMILES string of the molecule is C[C@]1(Nc2ccc(C=O)cc2)CNCCN1. The van der Waals surface area contributed by atoms with Gasteiger partial charge in [0.2, 0.25) is 0 Å². The van der Waals surface area contributed by atoms with Gasteiger partial charge in [-0.1, -0.05) is 0 Å². The molecule has 16 heavy (non-hydrogen) atoms. The van der Waals surface area contributed by atoms with Crippen LogP contribution in [0.1, 0.15) is 17.3 Å². The first-order chi connectivity index (χ1) is 7.72. The van der Waals surface area contributed by atoms with Crippen LogP contribution in [0.4, 0.5) is 5.69 Å². The van der Waals surface area contributed by atoms with Gasteiger partial charge in [0.1, 0.15) is 6.29 Å². The standard InChI is InChI=1S/C12H17N3O/c1-12(9-13-6-7-14-12)15-11-4-2-10(8-16)3-5-11/h2-5,8,13-15H,6-7,9H2,1H3/t12-/m0/s1. The molecule has 1 fully saturated rings. The average molecular weight is 219 g/mol. The zero-order valence-corrected chi connectivity index (χ0v) is 9.42. The summed E-state index contributed by atoms with van der Waals surface area (Å²) in [6.45, 7) is 4.95. The Morgan fingerprint density at radius 1 is 1.31 bits per heavy atom. The molecule has 1 atom stereocenters. The molecule has 4 heteroatoms. The number of nitrogens with one attached hydrogen (secondary N) is 3. The van der Waals surface area contributed by atoms with Crippen molar-refractivity contribution in [2.45, 2.75) is 12.6 Å². The highest BCUT2D eigenvalue weighted by atomic mass is 16.1. The van der Waals surface area contributed by atoms with Gasteiger partial charge in [0.05, 0.1) is 5.66 Å². The number of aldehydes is 1. The molecular formula is C12H17N3O. The smallest absolute Gasteiger partial charge is 0.150 e. The molecule has 1 saturated heterocycles. The van der Waals surface area contributed by atoms with Gasteiger partial charge in [-0.2, -0.15) is 0 Å². The molecule has 4 nitrogen and oxygen atoms in total. The summed E-state index contributed by atoms with van der Waals surface area (Å²) < 4.78 is 0. The molecule has 1 aromatic carbocycles. The van der Waals surface area contributed by atoms with Crippen molar-refractivity contribution in [3.8, 4) is 0 Å². The molecule has 86 valence electrons. The van der Waals surface area contributed by atoms with E-state index in [2.05, 4.69) is 22.9 Å². The lowest BCUT2D eigenvalue weighted by molar-refractivity contribution is 0.112. The highest BCUT2D eigenvalue weighted by Gasteiger charge is 2.25. The van der Waals surface area contributed by atoms with Crippen LogP contribution in [-0.4, -0.2) is 31.6 Å². The number of piperazine rings is 1. The fourth-order valence-corrected chi connectivity index (χ4v) is 1.88. The molecule has 1 heterocycles. The molecule has 0 spiro atoms. The van der Waals surface area contributed by atoms with Crippen LogP contribution >= 0.6 is 0 Å². The Morgan fingerprint density at radius 2 is 2.06 bits per heavy atom. The largest absolute Gasteiger partial charge is 0.366 e. The number of hydrogen-bond acceptors (Lipinski definition) is 4. The molecular weight excluding hydrogens is 202 g/mol. The molecule has 3 N–H and O–H groups in total. The Morgan fingerprint density at radius 3 is 2.62 bits per heavy atom. The minimum atomic E-state index is -0.124. The van der Waals surface area contributed by atoms with Crippen molar-refractivity contribution in [1.29, 1.82) is 0 Å². The number of anilines is 1. The van der Waals surface area contributed by atoms with Gasteiger partial charge in [0.25, 0.3) is 0 Å². The van der Waals surface area contributed by atoms with E-state index >= 15 is 0 Å². The van der Waals surface area contributed by atoms with Crippen LogP contribution in [0.3, 0.4) is 0 Å². The summed E-state index contributed by atoms with van der Waals surface area (Å²) in [5.41, 5.74) is 1.59. The van der Waals surface area contributed by atoms with Crippen LogP contribution in [0.15, 0.2) is 24.3 Å². The van der Waals surface area contributed by atoms with E-state index in [1.54, 1.807) is 0 Å². The first kappa shape index (κ1) is 11.1. The van der Waals surface area contributed by atoms with Gasteiger partial charge < -0.3 is 10.6 Å². The average Bonchev–Trinajstić information content (AvgIpc) is 2.30. The quantitative estimate of drug-likeness (QED) is 0.659. The van der Waals surface area contributed by atoms with Crippen molar-refractivity contribution in [3.63, 3.8) is 0 Å². The van der Waals surface area contributed by atoms with Gasteiger partial charge in [0.15, 0.2) is 0 Å². The van der Waals surface area contributed by atoms with E-state index in [-0.39, 0.29) is 5.66 Å². The van der Waals surface area contributed by atoms with Crippen molar-refractivity contribution in [2.24, 2.45) is 0 Å². The van der Waals surface area contributed by atoms with Crippen molar-refractivity contribution < 1.29 is 4.79 Å². The minimum absolute atomic E-state index is 0.124. The fourth-order valence-electron chi connectivity index (χ4n) is 1.88. The lowest BCUT2D eigenvalue weighted by atomic mass is 10.1. The fraction of sp³-hybridized carbons (Fsp3) is 0.417. The van der Waals surface area contributed by atoms with E-state index in [4.69, 9.17) is 0 Å². The summed E-state index contributed by atoms with van der Waals surface area (Å²) in [6, 6.07) is 7.47. The van der Waals surface area contributed by atoms with Crippen molar-refractivity contribution in [1.82, 2.24) is 10.6 Å². The Hall–Kier alpha value is -1.39. The molecule has 0 saturated carbocycles. The zero-order valence-electron chi connectivity index (χ0n) is 9.42. The Bertz CT molecular complexity index is 355. The second-order valence-corrected chi connectivity index (χ2v) is 4.30. The zero-order chi connectivity index (χ0) is 11.4. The normalized spacial score (nSPS) is 25.1. The molecule has 1 aromatic rings. The van der Waals surface area contributed by atoms with Gasteiger partial charge in [0, 0.05) is 30.9 Å². The molecule has 0 amide bonds. The van der Waals surface area contributed by atoms with Gasteiger partial charge in [-0.3, -0.25) is 10.1 Å². The molecule has 0 unspecified atom stereocenters. The number of benzene rings is 1. The van der Waals surface area contributed by atoms with E-state index in [9.17, 15) is 4.79 Å². The van der Waals surface area contributed by atoms with Crippen LogP contribution in [-0.2, 0) is 0 Å². The Balaban J connectivity index is 2.04. The predicted octanol–water partition coefficient (Wildman–Crippen LogP) is 0.820. The van der Waals surface area contributed by atoms with Gasteiger partial charge in [-0.15, -0.1) is 0 Å². The van der Waals surface area contributed by atoms with Gasteiger partial charge in [-0.25, -0.2) is 0 Å². The number of hydrogen-bond donors (Lipinski definition) is 3. The highest BCUT2D eigenvalue weighted by Crippen LogP contribution is 2.14. The van der Waals surface area contributed by atoms with E-state index in [0.717, 1.165) is 31.6 Å². The second-order valence-electron chi connectivity index (χ2n) is 4.30. The maximum Gasteiger partial charge on any atom is 0.150 e. The third-order valence-corrected chi connectivity index (χ3v) is 2.76. The lowest BCUT2D eigenvalue weighted by Crippen LogP contribution is -2.61. The van der Waals surface area contributed by atoms with Crippen LogP contribution in [0.25, 0.3) is 0 Å². The summed E-state index contributed by atoms with van der Waals surface area (Å²) in [5, 5.41) is 10.2. The summed E-state index contributed by atoms with van der Waals surface area (Å²) in [6.07, 6.45) is 0.853. The number of carbonyl (C=O) groups excluding carboxylic acids is 1. The van der Waals surface area contributed by atoms with Crippen LogP contribution in [0.2, 0.25) is 0 Å². The molecule has 0 bridgehead atoms. The third-order valence-electron chi connectivity index (χ3n) is 2.76. The highest BCUT2D eigenvalue weighted by molar-refractivity contribution is 5.75. The molecule has 1 aliphatic heterocycles. The van der Waals surface area contributed by atoms with Gasteiger partial charge in [-0.05, 0) is 31.2 Å². The Labute approximate surface area is 95.4 Å². The van der Waals surface area contributed by atoms with Crippen LogP contribution in [0.5, 0.6) is 0 Å². The Kier molecular flexibility index (Phi) is 3.22. The van der Waals surface area contributed by atoms with E-state index in [1.165, 1.54) is 0 Å². The first-order valence-electron chi connectivity index (χ1n) is 5.51. The summed E-state index contributed by atoms with van der Waals surface area (Å²) >= 11 is 0. The molecule has 0 aromatic heterocycles. The van der Waals surface area contributed by atoms with Crippen LogP contribution in [0, 0.1) is 0 Å². The maximum absolute atomic E-state index is 10.5. The van der Waals surface area contributed by atoms with E-state index in [1.807, 2.05) is 24.3 Å².